The molecule has 0 spiro atoms. The lowest BCUT2D eigenvalue weighted by Crippen LogP contribution is -2.58. The largest absolute Gasteiger partial charge is 0.573 e. The van der Waals surface area contributed by atoms with E-state index >= 15 is 0 Å². The van der Waals surface area contributed by atoms with Crippen LogP contribution in [-0.2, 0) is 11.5 Å². The summed E-state index contributed by atoms with van der Waals surface area (Å²) in [5, 5.41) is 9.69. The molecule has 2 atom stereocenters. The summed E-state index contributed by atoms with van der Waals surface area (Å²) in [5.41, 5.74) is 1.87. The highest BCUT2D eigenvalue weighted by molar-refractivity contribution is 7.90. The summed E-state index contributed by atoms with van der Waals surface area (Å²) >= 11 is -1.75. The maximum atomic E-state index is 13.7. The Hall–Kier alpha value is -2.90. The molecule has 2 N–H and O–H groups in total. The van der Waals surface area contributed by atoms with Gasteiger partial charge in [0, 0.05) is 25.0 Å². The predicted molar refractivity (Wildman–Crippen MR) is 134 cm³/mol. The minimum atomic E-state index is -4.81. The number of hydrogen-bond acceptors (Lipinski definition) is 6. The number of nitrogens with one attached hydrogen (secondary N) is 1. The van der Waals surface area contributed by atoms with E-state index in [1.807, 2.05) is 4.90 Å². The second-order valence-electron chi connectivity index (χ2n) is 8.72. The minimum absolute atomic E-state index is 0.107. The van der Waals surface area contributed by atoms with Crippen molar-refractivity contribution in [3.63, 3.8) is 0 Å². The summed E-state index contributed by atoms with van der Waals surface area (Å²) < 4.78 is 86.2. The number of ether oxygens (including phenoxy) is 1. The SMILES string of the molecule is [O-][S+](Nc1ccc(OC(F)(F)F)cc1)N1CCN(CCO)C(C(c2ccc(F)cc2)c2ccc(F)cc2)C1. The highest BCUT2D eigenvalue weighted by atomic mass is 32.2. The molecule has 0 aliphatic carbocycles. The maximum absolute atomic E-state index is 13.7. The number of β-amino-alcohol motifs (C(OH)–C–C–N with tert-alkyl or cyclic N) is 1. The summed E-state index contributed by atoms with van der Waals surface area (Å²) in [4.78, 5) is 2.05. The van der Waals surface area contributed by atoms with E-state index in [1.54, 1.807) is 28.6 Å². The molecule has 1 saturated heterocycles. The molecule has 0 bridgehead atoms. The van der Waals surface area contributed by atoms with Crippen LogP contribution in [0.4, 0.5) is 27.6 Å². The Morgan fingerprint density at radius 3 is 1.97 bits per heavy atom. The second kappa shape index (κ2) is 12.3. The molecule has 3 aromatic carbocycles. The van der Waals surface area contributed by atoms with Crippen LogP contribution in [0.2, 0.25) is 0 Å². The van der Waals surface area contributed by atoms with Crippen LogP contribution < -0.4 is 9.46 Å². The molecule has 3 aromatic rings. The number of halogens is 5. The average Bonchev–Trinajstić information content (AvgIpc) is 2.88. The molecule has 2 unspecified atom stereocenters. The van der Waals surface area contributed by atoms with E-state index in [4.69, 9.17) is 0 Å². The van der Waals surface area contributed by atoms with Crippen molar-refractivity contribution in [1.29, 1.82) is 0 Å². The Balaban J connectivity index is 1.56. The van der Waals surface area contributed by atoms with Crippen molar-refractivity contribution in [3.8, 4) is 5.75 Å². The van der Waals surface area contributed by atoms with E-state index in [1.165, 1.54) is 36.4 Å². The zero-order valence-corrected chi connectivity index (χ0v) is 20.9. The first-order valence-corrected chi connectivity index (χ1v) is 12.9. The third-order valence-corrected chi connectivity index (χ3v) is 7.47. The molecule has 204 valence electrons. The molecule has 0 aromatic heterocycles. The van der Waals surface area contributed by atoms with E-state index in [0.29, 0.717) is 25.3 Å². The molecule has 1 heterocycles. The van der Waals surface area contributed by atoms with Crippen LogP contribution >= 0.6 is 0 Å². The zero-order valence-electron chi connectivity index (χ0n) is 20.1. The lowest BCUT2D eigenvalue weighted by atomic mass is 9.83. The fourth-order valence-electron chi connectivity index (χ4n) is 4.56. The molecule has 1 aliphatic rings. The van der Waals surface area contributed by atoms with Gasteiger partial charge in [0.25, 0.3) is 0 Å². The van der Waals surface area contributed by atoms with Crippen molar-refractivity contribution in [2.75, 3.05) is 37.5 Å². The van der Waals surface area contributed by atoms with Gasteiger partial charge in [-0.25, -0.2) is 8.78 Å². The topological polar surface area (TPSA) is 71.0 Å². The van der Waals surface area contributed by atoms with E-state index < -0.39 is 35.3 Å². The number of benzene rings is 3. The molecule has 1 fully saturated rings. The Morgan fingerprint density at radius 2 is 1.47 bits per heavy atom. The van der Waals surface area contributed by atoms with Gasteiger partial charge in [-0.2, -0.15) is 4.72 Å². The van der Waals surface area contributed by atoms with Crippen LogP contribution in [0, 0.1) is 11.6 Å². The Kier molecular flexibility index (Phi) is 9.11. The Morgan fingerprint density at radius 1 is 0.921 bits per heavy atom. The number of aliphatic hydroxyl groups excluding tert-OH is 1. The number of nitrogens with zero attached hydrogens (tertiary/aromatic N) is 2. The van der Waals surface area contributed by atoms with Crippen LogP contribution in [-0.4, -0.2) is 64.1 Å². The van der Waals surface area contributed by atoms with Gasteiger partial charge in [0.1, 0.15) is 17.4 Å². The number of rotatable bonds is 9. The minimum Gasteiger partial charge on any atom is -0.573 e. The van der Waals surface area contributed by atoms with Gasteiger partial charge in [-0.05, 0) is 59.7 Å². The first-order valence-electron chi connectivity index (χ1n) is 11.8. The van der Waals surface area contributed by atoms with Gasteiger partial charge in [0.2, 0.25) is 0 Å². The summed E-state index contributed by atoms with van der Waals surface area (Å²) in [7, 11) is 0. The molecule has 0 amide bonds. The van der Waals surface area contributed by atoms with Crippen LogP contribution in [0.1, 0.15) is 17.0 Å². The number of piperazine rings is 1. The van der Waals surface area contributed by atoms with Crippen LogP contribution in [0.25, 0.3) is 0 Å². The summed E-state index contributed by atoms with van der Waals surface area (Å²) in [6.07, 6.45) is -4.81. The van der Waals surface area contributed by atoms with Gasteiger partial charge >= 0.3 is 6.36 Å². The first kappa shape index (κ1) is 28.1. The predicted octanol–water partition coefficient (Wildman–Crippen LogP) is 4.66. The van der Waals surface area contributed by atoms with Crippen molar-refractivity contribution in [3.05, 3.63) is 95.6 Å². The summed E-state index contributed by atoms with van der Waals surface area (Å²) in [6.45, 7) is 1.34. The first-order chi connectivity index (χ1) is 18.1. The monoisotopic (exact) mass is 555 g/mol. The molecule has 4 rings (SSSR count). The third-order valence-electron chi connectivity index (χ3n) is 6.25. The highest BCUT2D eigenvalue weighted by Crippen LogP contribution is 2.34. The molecule has 1 aliphatic heterocycles. The molecule has 0 saturated carbocycles. The van der Waals surface area contributed by atoms with Crippen molar-refractivity contribution >= 4 is 17.2 Å². The van der Waals surface area contributed by atoms with E-state index in [2.05, 4.69) is 9.46 Å². The van der Waals surface area contributed by atoms with E-state index in [9.17, 15) is 31.6 Å². The van der Waals surface area contributed by atoms with Gasteiger partial charge in [0.05, 0.1) is 25.4 Å². The van der Waals surface area contributed by atoms with Crippen molar-refractivity contribution < 1.29 is 36.3 Å². The lowest BCUT2D eigenvalue weighted by molar-refractivity contribution is -0.274. The molecule has 38 heavy (non-hydrogen) atoms. The van der Waals surface area contributed by atoms with Gasteiger partial charge < -0.3 is 14.4 Å². The lowest BCUT2D eigenvalue weighted by Gasteiger charge is -2.43. The van der Waals surface area contributed by atoms with Crippen molar-refractivity contribution in [2.45, 2.75) is 18.3 Å². The van der Waals surface area contributed by atoms with Gasteiger partial charge in [-0.15, -0.1) is 17.5 Å². The van der Waals surface area contributed by atoms with Crippen LogP contribution in [0.3, 0.4) is 0 Å². The average molecular weight is 556 g/mol. The fourth-order valence-corrected chi connectivity index (χ4v) is 5.56. The fraction of sp³-hybridized carbons (Fsp3) is 0.308. The van der Waals surface area contributed by atoms with Crippen molar-refractivity contribution in [1.82, 2.24) is 9.21 Å². The van der Waals surface area contributed by atoms with Gasteiger partial charge in [-0.1, -0.05) is 24.3 Å². The van der Waals surface area contributed by atoms with Gasteiger partial charge in [-0.3, -0.25) is 4.90 Å². The zero-order chi connectivity index (χ0) is 27.3. The maximum Gasteiger partial charge on any atom is 0.573 e. The summed E-state index contributed by atoms with van der Waals surface area (Å²) in [5.74, 6) is -1.56. The molecule has 6 nitrogen and oxygen atoms in total. The smallest absolute Gasteiger partial charge is 0.573 e. The second-order valence-corrected chi connectivity index (χ2v) is 9.94. The summed E-state index contributed by atoms with van der Waals surface area (Å²) in [6, 6.07) is 16.6. The van der Waals surface area contributed by atoms with E-state index in [0.717, 1.165) is 23.3 Å². The van der Waals surface area contributed by atoms with Crippen LogP contribution in [0.5, 0.6) is 5.75 Å². The normalized spacial score (nSPS) is 17.9. The van der Waals surface area contributed by atoms with Crippen molar-refractivity contribution in [2.24, 2.45) is 0 Å². The Bertz CT molecular complexity index is 1120. The standard InChI is InChI=1S/C26H26F5N3O3S/c27-20-5-1-18(2-6-20)25(19-3-7-21(28)8-4-19)24-17-34(14-13-33(24)15-16-35)38(36)32-22-9-11-23(12-10-22)37-26(29,30)31/h1-12,24-25,32,35H,13-17H2. The molecule has 12 heteroatoms. The number of hydrogen-bond donors (Lipinski definition) is 2. The Labute approximate surface area is 220 Å². The number of alkyl halides is 3. The van der Waals surface area contributed by atoms with E-state index in [-0.39, 0.29) is 25.1 Å². The molecular weight excluding hydrogens is 529 g/mol. The third kappa shape index (κ3) is 7.35. The molecule has 0 radical (unpaired) electrons. The van der Waals surface area contributed by atoms with Gasteiger partial charge in [0.15, 0.2) is 11.5 Å². The number of anilines is 1. The molecular formula is C26H26F5N3O3S. The number of aliphatic hydroxyl groups is 1. The highest BCUT2D eigenvalue weighted by Gasteiger charge is 2.39. The van der Waals surface area contributed by atoms with Crippen LogP contribution in [0.15, 0.2) is 72.8 Å². The quantitative estimate of drug-likeness (QED) is 0.296.